The van der Waals surface area contributed by atoms with Gasteiger partial charge in [-0.25, -0.2) is 0 Å². The van der Waals surface area contributed by atoms with Crippen molar-refractivity contribution < 1.29 is 9.84 Å². The minimum Gasteiger partial charge on any atom is -0.384 e. The van der Waals surface area contributed by atoms with Gasteiger partial charge in [-0.15, -0.1) is 0 Å². The molecule has 0 aromatic carbocycles. The molecule has 16 heavy (non-hydrogen) atoms. The Labute approximate surface area is 101 Å². The van der Waals surface area contributed by atoms with Crippen molar-refractivity contribution in [3.63, 3.8) is 0 Å². The van der Waals surface area contributed by atoms with Crippen LogP contribution in [0.15, 0.2) is 6.20 Å². The van der Waals surface area contributed by atoms with Crippen molar-refractivity contribution >= 4 is 11.6 Å². The van der Waals surface area contributed by atoms with Crippen molar-refractivity contribution in [2.24, 2.45) is 5.92 Å². The van der Waals surface area contributed by atoms with Crippen LogP contribution in [0.2, 0.25) is 5.02 Å². The number of hydrogen-bond donors (Lipinski definition) is 1. The zero-order valence-corrected chi connectivity index (χ0v) is 10.9. The smallest absolute Gasteiger partial charge is 0.123 e. The molecule has 1 heterocycles. The van der Waals surface area contributed by atoms with Crippen LogP contribution in [0, 0.1) is 5.92 Å². The Kier molecular flexibility index (Phi) is 4.77. The second-order valence-corrected chi connectivity index (χ2v) is 4.49. The Bertz CT molecular complexity index is 339. The summed E-state index contributed by atoms with van der Waals surface area (Å²) < 4.78 is 7.00. The molecule has 92 valence electrons. The third kappa shape index (κ3) is 2.56. The topological polar surface area (TPSA) is 47.3 Å². The summed E-state index contributed by atoms with van der Waals surface area (Å²) in [6.07, 6.45) is 0.524. The molecule has 0 radical (unpaired) electrons. The van der Waals surface area contributed by atoms with E-state index in [1.807, 2.05) is 20.8 Å². The van der Waals surface area contributed by atoms with Gasteiger partial charge in [-0.2, -0.15) is 5.10 Å². The second-order valence-electron chi connectivity index (χ2n) is 4.08. The molecule has 1 aromatic heterocycles. The monoisotopic (exact) mass is 246 g/mol. The van der Waals surface area contributed by atoms with E-state index in [9.17, 15) is 5.11 Å². The highest BCUT2D eigenvalue weighted by molar-refractivity contribution is 6.31. The predicted octanol–water partition coefficient (Wildman–Crippen LogP) is 2.26. The molecule has 0 saturated carbocycles. The molecule has 5 heteroatoms. The van der Waals surface area contributed by atoms with E-state index >= 15 is 0 Å². The molecule has 0 amide bonds. The minimum atomic E-state index is -0.750. The number of aliphatic hydroxyl groups excluding tert-OH is 1. The lowest BCUT2D eigenvalue weighted by Gasteiger charge is -2.25. The van der Waals surface area contributed by atoms with Crippen molar-refractivity contribution in [1.29, 1.82) is 0 Å². The predicted molar refractivity (Wildman–Crippen MR) is 63.5 cm³/mol. The molecule has 1 N–H and O–H groups in total. The molecule has 0 aliphatic rings. The minimum absolute atomic E-state index is 0.205. The third-order valence-corrected chi connectivity index (χ3v) is 2.94. The molecule has 1 aromatic rings. The standard InChI is InChI=1S/C11H19ClN2O2/c1-5-14-9(8(12)6-13-14)10(15)11(16-4)7(2)3/h6-7,10-11,15H,5H2,1-4H3. The van der Waals surface area contributed by atoms with Crippen LogP contribution < -0.4 is 0 Å². The highest BCUT2D eigenvalue weighted by Gasteiger charge is 2.28. The van der Waals surface area contributed by atoms with Crippen LogP contribution in [0.4, 0.5) is 0 Å². The normalized spacial score (nSPS) is 15.4. The lowest BCUT2D eigenvalue weighted by atomic mass is 9.99. The number of nitrogens with zero attached hydrogens (tertiary/aromatic N) is 2. The number of halogens is 1. The van der Waals surface area contributed by atoms with Crippen molar-refractivity contribution in [3.05, 3.63) is 16.9 Å². The Hall–Kier alpha value is -0.580. The molecule has 4 nitrogen and oxygen atoms in total. The van der Waals surface area contributed by atoms with Gasteiger partial charge < -0.3 is 9.84 Å². The molecule has 0 aliphatic carbocycles. The summed E-state index contributed by atoms with van der Waals surface area (Å²) in [7, 11) is 1.59. The van der Waals surface area contributed by atoms with Gasteiger partial charge in [0.1, 0.15) is 6.10 Å². The van der Waals surface area contributed by atoms with Crippen LogP contribution in [0.3, 0.4) is 0 Å². The summed E-state index contributed by atoms with van der Waals surface area (Å²) in [5.74, 6) is 0.205. The average molecular weight is 247 g/mol. The lowest BCUT2D eigenvalue weighted by Crippen LogP contribution is -2.28. The van der Waals surface area contributed by atoms with E-state index in [4.69, 9.17) is 16.3 Å². The van der Waals surface area contributed by atoms with Gasteiger partial charge in [-0.1, -0.05) is 25.4 Å². The number of aliphatic hydroxyl groups is 1. The summed E-state index contributed by atoms with van der Waals surface area (Å²) in [6.45, 7) is 6.63. The summed E-state index contributed by atoms with van der Waals surface area (Å²) in [5, 5.41) is 14.8. The van der Waals surface area contributed by atoms with Crippen molar-refractivity contribution in [1.82, 2.24) is 9.78 Å². The van der Waals surface area contributed by atoms with Gasteiger partial charge in [-0.05, 0) is 12.8 Å². The van der Waals surface area contributed by atoms with Crippen molar-refractivity contribution in [2.45, 2.75) is 39.5 Å². The molecule has 0 aliphatic heterocycles. The van der Waals surface area contributed by atoms with E-state index in [2.05, 4.69) is 5.10 Å². The molecule has 0 fully saturated rings. The molecule has 0 spiro atoms. The fourth-order valence-corrected chi connectivity index (χ4v) is 2.09. The SMILES string of the molecule is CCn1ncc(Cl)c1C(O)C(OC)C(C)C. The van der Waals surface area contributed by atoms with Crippen LogP contribution in [-0.4, -0.2) is 28.1 Å². The number of ether oxygens (including phenoxy) is 1. The Morgan fingerprint density at radius 1 is 1.56 bits per heavy atom. The molecule has 1 rings (SSSR count). The van der Waals surface area contributed by atoms with Crippen LogP contribution in [0.1, 0.15) is 32.6 Å². The van der Waals surface area contributed by atoms with E-state index in [-0.39, 0.29) is 12.0 Å². The fraction of sp³-hybridized carbons (Fsp3) is 0.727. The van der Waals surface area contributed by atoms with Gasteiger partial charge in [0, 0.05) is 13.7 Å². The average Bonchev–Trinajstić information content (AvgIpc) is 2.59. The molecule has 0 saturated heterocycles. The van der Waals surface area contributed by atoms with Crippen LogP contribution in [0.5, 0.6) is 0 Å². The van der Waals surface area contributed by atoms with Gasteiger partial charge in [0.05, 0.1) is 23.0 Å². The number of hydrogen-bond acceptors (Lipinski definition) is 3. The molecule has 2 unspecified atom stereocenters. The quantitative estimate of drug-likeness (QED) is 0.867. The van der Waals surface area contributed by atoms with Crippen LogP contribution in [-0.2, 0) is 11.3 Å². The maximum Gasteiger partial charge on any atom is 0.123 e. The fourth-order valence-electron chi connectivity index (χ4n) is 1.84. The maximum atomic E-state index is 10.3. The summed E-state index contributed by atoms with van der Waals surface area (Å²) in [5.41, 5.74) is 0.629. The Balaban J connectivity index is 3.02. The first-order valence-electron chi connectivity index (χ1n) is 5.44. The van der Waals surface area contributed by atoms with Crippen LogP contribution >= 0.6 is 11.6 Å². The summed E-state index contributed by atoms with van der Waals surface area (Å²) >= 11 is 6.03. The van der Waals surface area contributed by atoms with Gasteiger partial charge in [0.2, 0.25) is 0 Å². The summed E-state index contributed by atoms with van der Waals surface area (Å²) in [4.78, 5) is 0. The maximum absolute atomic E-state index is 10.3. The number of aromatic nitrogens is 2. The Morgan fingerprint density at radius 2 is 2.19 bits per heavy atom. The number of methoxy groups -OCH3 is 1. The van der Waals surface area contributed by atoms with Gasteiger partial charge in [0.15, 0.2) is 0 Å². The van der Waals surface area contributed by atoms with E-state index in [0.717, 1.165) is 0 Å². The van der Waals surface area contributed by atoms with E-state index in [0.29, 0.717) is 17.3 Å². The van der Waals surface area contributed by atoms with E-state index in [1.54, 1.807) is 18.0 Å². The Morgan fingerprint density at radius 3 is 2.62 bits per heavy atom. The molecular weight excluding hydrogens is 228 g/mol. The first-order valence-corrected chi connectivity index (χ1v) is 5.82. The highest BCUT2D eigenvalue weighted by atomic mass is 35.5. The first-order chi connectivity index (χ1) is 7.52. The van der Waals surface area contributed by atoms with Gasteiger partial charge in [-0.3, -0.25) is 4.68 Å². The number of aryl methyl sites for hydroxylation is 1. The lowest BCUT2D eigenvalue weighted by molar-refractivity contribution is -0.0426. The second kappa shape index (κ2) is 5.66. The molecule has 0 bridgehead atoms. The van der Waals surface area contributed by atoms with Gasteiger partial charge >= 0.3 is 0 Å². The first kappa shape index (κ1) is 13.5. The highest BCUT2D eigenvalue weighted by Crippen LogP contribution is 2.29. The van der Waals surface area contributed by atoms with Crippen molar-refractivity contribution in [3.8, 4) is 0 Å². The molecule has 2 atom stereocenters. The molecular formula is C11H19ClN2O2. The third-order valence-electron chi connectivity index (χ3n) is 2.65. The zero-order valence-electron chi connectivity index (χ0n) is 10.1. The summed E-state index contributed by atoms with van der Waals surface area (Å²) in [6, 6.07) is 0. The van der Waals surface area contributed by atoms with Crippen molar-refractivity contribution in [2.75, 3.05) is 7.11 Å². The van der Waals surface area contributed by atoms with Gasteiger partial charge in [0.25, 0.3) is 0 Å². The van der Waals surface area contributed by atoms with E-state index < -0.39 is 6.10 Å². The largest absolute Gasteiger partial charge is 0.384 e. The zero-order chi connectivity index (χ0) is 12.3. The van der Waals surface area contributed by atoms with E-state index in [1.165, 1.54) is 0 Å². The van der Waals surface area contributed by atoms with Crippen LogP contribution in [0.25, 0.3) is 0 Å². The number of rotatable bonds is 5.